The third-order valence-electron chi connectivity index (χ3n) is 6.38. The minimum atomic E-state index is -1.15. The molecule has 4 aliphatic rings. The highest BCUT2D eigenvalue weighted by Crippen LogP contribution is 2.61. The van der Waals surface area contributed by atoms with Crippen LogP contribution in [0.1, 0.15) is 48.9 Å². The largest absolute Gasteiger partial charge is 0.548 e. The number of anilines is 1. The maximum atomic E-state index is 12.5. The van der Waals surface area contributed by atoms with E-state index >= 15 is 0 Å². The number of aliphatic carboxylic acids is 1. The third-order valence-corrected chi connectivity index (χ3v) is 6.38. The minimum absolute atomic E-state index is 0.322. The highest BCUT2D eigenvalue weighted by molar-refractivity contribution is 5.96. The molecule has 4 aliphatic carbocycles. The van der Waals surface area contributed by atoms with Crippen molar-refractivity contribution in [3.63, 3.8) is 0 Å². The van der Waals surface area contributed by atoms with E-state index in [4.69, 9.17) is 5.73 Å². The van der Waals surface area contributed by atoms with E-state index < -0.39 is 12.0 Å². The molecule has 4 saturated carbocycles. The Morgan fingerprint density at radius 2 is 1.54 bits per heavy atom. The van der Waals surface area contributed by atoms with Crippen molar-refractivity contribution in [2.24, 2.45) is 23.2 Å². The van der Waals surface area contributed by atoms with Crippen LogP contribution in [0.15, 0.2) is 24.3 Å². The SMILES string of the molecule is Nc1ccc(C(=O)N[C@@H](C(=O)[O-])C23CC4CC(CC(C4)C2)C3)cc1. The molecule has 3 N–H and O–H groups in total. The van der Waals surface area contributed by atoms with E-state index in [0.717, 1.165) is 19.3 Å². The van der Waals surface area contributed by atoms with Gasteiger partial charge in [0, 0.05) is 11.3 Å². The number of carbonyl (C=O) groups excluding carboxylic acids is 2. The Morgan fingerprint density at radius 3 is 2.00 bits per heavy atom. The molecule has 5 rings (SSSR count). The summed E-state index contributed by atoms with van der Waals surface area (Å²) in [7, 11) is 0. The van der Waals surface area contributed by atoms with Crippen LogP contribution >= 0.6 is 0 Å². The summed E-state index contributed by atoms with van der Waals surface area (Å²) >= 11 is 0. The van der Waals surface area contributed by atoms with Crippen molar-refractivity contribution < 1.29 is 14.7 Å². The van der Waals surface area contributed by atoms with Crippen LogP contribution in [0.3, 0.4) is 0 Å². The number of amides is 1. The summed E-state index contributed by atoms with van der Waals surface area (Å²) in [5.41, 5.74) is 6.32. The lowest BCUT2D eigenvalue weighted by atomic mass is 9.47. The van der Waals surface area contributed by atoms with Gasteiger partial charge in [-0.05, 0) is 86.0 Å². The Labute approximate surface area is 141 Å². The third kappa shape index (κ3) is 2.56. The number of hydrogen-bond acceptors (Lipinski definition) is 4. The molecule has 1 atom stereocenters. The van der Waals surface area contributed by atoms with Crippen molar-refractivity contribution >= 4 is 17.6 Å². The number of nitrogens with two attached hydrogens (primary N) is 1. The summed E-state index contributed by atoms with van der Waals surface area (Å²) in [5.74, 6) is 0.338. The average molecular weight is 327 g/mol. The molecular formula is C19H23N2O3-. The van der Waals surface area contributed by atoms with E-state index in [-0.39, 0.29) is 11.3 Å². The number of carbonyl (C=O) groups is 2. The summed E-state index contributed by atoms with van der Waals surface area (Å²) < 4.78 is 0. The average Bonchev–Trinajstić information content (AvgIpc) is 2.51. The Balaban J connectivity index is 1.57. The monoisotopic (exact) mass is 327 g/mol. The normalized spacial score (nSPS) is 34.8. The molecule has 1 amide bonds. The molecule has 0 radical (unpaired) electrons. The summed E-state index contributed by atoms with van der Waals surface area (Å²) in [4.78, 5) is 24.4. The van der Waals surface area contributed by atoms with Gasteiger partial charge in [-0.1, -0.05) is 0 Å². The van der Waals surface area contributed by atoms with Gasteiger partial charge in [0.1, 0.15) is 0 Å². The Hall–Kier alpha value is -2.04. The highest BCUT2D eigenvalue weighted by Gasteiger charge is 2.54. The first-order chi connectivity index (χ1) is 11.4. The zero-order valence-corrected chi connectivity index (χ0v) is 13.7. The minimum Gasteiger partial charge on any atom is -0.548 e. The van der Waals surface area contributed by atoms with Gasteiger partial charge in [0.2, 0.25) is 0 Å². The fourth-order valence-corrected chi connectivity index (χ4v) is 5.84. The van der Waals surface area contributed by atoms with Gasteiger partial charge >= 0.3 is 0 Å². The van der Waals surface area contributed by atoms with Crippen molar-refractivity contribution in [3.8, 4) is 0 Å². The van der Waals surface area contributed by atoms with Gasteiger partial charge in [-0.25, -0.2) is 0 Å². The maximum absolute atomic E-state index is 12.5. The van der Waals surface area contributed by atoms with Crippen LogP contribution in [0.2, 0.25) is 0 Å². The van der Waals surface area contributed by atoms with Crippen molar-refractivity contribution in [2.75, 3.05) is 5.73 Å². The highest BCUT2D eigenvalue weighted by atomic mass is 16.4. The number of carboxylic acids is 1. The van der Waals surface area contributed by atoms with Crippen LogP contribution < -0.4 is 16.2 Å². The second-order valence-electron chi connectivity index (χ2n) is 8.13. The van der Waals surface area contributed by atoms with Crippen LogP contribution in [-0.4, -0.2) is 17.9 Å². The van der Waals surface area contributed by atoms with E-state index in [1.807, 2.05) is 0 Å². The number of carboxylic acid groups (broad SMARTS) is 1. The molecule has 24 heavy (non-hydrogen) atoms. The predicted molar refractivity (Wildman–Crippen MR) is 87.7 cm³/mol. The van der Waals surface area contributed by atoms with Crippen molar-refractivity contribution in [1.82, 2.24) is 5.32 Å². The zero-order chi connectivity index (χ0) is 16.9. The van der Waals surface area contributed by atoms with Crippen LogP contribution in [0, 0.1) is 23.2 Å². The zero-order valence-electron chi connectivity index (χ0n) is 13.7. The molecule has 4 fully saturated rings. The Bertz CT molecular complexity index is 632. The first-order valence-corrected chi connectivity index (χ1v) is 8.82. The molecule has 0 spiro atoms. The molecule has 5 heteroatoms. The summed E-state index contributed by atoms with van der Waals surface area (Å²) in [6.07, 6.45) is 6.39. The van der Waals surface area contributed by atoms with Crippen molar-refractivity contribution in [2.45, 2.75) is 44.6 Å². The molecule has 0 heterocycles. The Kier molecular flexibility index (Phi) is 3.55. The van der Waals surface area contributed by atoms with Crippen molar-refractivity contribution in [3.05, 3.63) is 29.8 Å². The second-order valence-corrected chi connectivity index (χ2v) is 8.13. The molecule has 0 aromatic heterocycles. The van der Waals surface area contributed by atoms with Gasteiger partial charge in [0.05, 0.1) is 12.0 Å². The first kappa shape index (κ1) is 15.5. The molecule has 1 aromatic rings. The van der Waals surface area contributed by atoms with Gasteiger partial charge in [-0.15, -0.1) is 0 Å². The summed E-state index contributed by atoms with van der Waals surface area (Å²) in [5, 5.41) is 14.7. The van der Waals surface area contributed by atoms with Gasteiger partial charge in [0.15, 0.2) is 0 Å². The van der Waals surface area contributed by atoms with Crippen LogP contribution in [0.25, 0.3) is 0 Å². The molecule has 0 saturated heterocycles. The van der Waals surface area contributed by atoms with E-state index in [1.165, 1.54) is 19.3 Å². The van der Waals surface area contributed by atoms with Gasteiger partial charge in [0.25, 0.3) is 5.91 Å². The maximum Gasteiger partial charge on any atom is 0.251 e. The summed E-state index contributed by atoms with van der Waals surface area (Å²) in [6.45, 7) is 0. The molecule has 1 aromatic carbocycles. The smallest absolute Gasteiger partial charge is 0.251 e. The van der Waals surface area contributed by atoms with E-state index in [1.54, 1.807) is 24.3 Å². The number of nitrogens with one attached hydrogen (secondary N) is 1. The van der Waals surface area contributed by atoms with Crippen LogP contribution in [0.5, 0.6) is 0 Å². The molecular weight excluding hydrogens is 304 g/mol. The fraction of sp³-hybridized carbons (Fsp3) is 0.579. The number of hydrogen-bond donors (Lipinski definition) is 2. The van der Waals surface area contributed by atoms with Crippen LogP contribution in [0.4, 0.5) is 5.69 Å². The fourth-order valence-electron chi connectivity index (χ4n) is 5.84. The molecule has 5 nitrogen and oxygen atoms in total. The Morgan fingerprint density at radius 1 is 1.04 bits per heavy atom. The number of rotatable bonds is 4. The lowest BCUT2D eigenvalue weighted by molar-refractivity contribution is -0.313. The first-order valence-electron chi connectivity index (χ1n) is 8.82. The van der Waals surface area contributed by atoms with Crippen LogP contribution in [-0.2, 0) is 4.79 Å². The quantitative estimate of drug-likeness (QED) is 0.816. The molecule has 0 unspecified atom stereocenters. The number of nitrogen functional groups attached to an aromatic ring is 1. The lowest BCUT2D eigenvalue weighted by Crippen LogP contribution is -2.62. The number of benzene rings is 1. The van der Waals surface area contributed by atoms with E-state index in [0.29, 0.717) is 29.0 Å². The van der Waals surface area contributed by atoms with Crippen molar-refractivity contribution in [1.29, 1.82) is 0 Å². The predicted octanol–water partition coefficient (Wildman–Crippen LogP) is 1.33. The second kappa shape index (κ2) is 5.50. The lowest BCUT2D eigenvalue weighted by Gasteiger charge is -2.59. The molecule has 4 bridgehead atoms. The van der Waals surface area contributed by atoms with E-state index in [2.05, 4.69) is 5.32 Å². The molecule has 128 valence electrons. The summed E-state index contributed by atoms with van der Waals surface area (Å²) in [6, 6.07) is 5.63. The molecule has 0 aliphatic heterocycles. The van der Waals surface area contributed by atoms with E-state index in [9.17, 15) is 14.7 Å². The standard InChI is InChI=1S/C19H24N2O3/c20-15-3-1-14(2-4-15)17(22)21-16(18(23)24)19-8-11-5-12(9-19)7-13(6-11)10-19/h1-4,11-13,16H,5-10,20H2,(H,21,22)(H,23,24)/p-1/t11?,12?,13?,16-,19?/m0/s1. The topological polar surface area (TPSA) is 95.2 Å². The van der Waals surface area contributed by atoms with Gasteiger partial charge in [-0.3, -0.25) is 4.79 Å². The van der Waals surface area contributed by atoms with Gasteiger partial charge < -0.3 is 21.0 Å². The van der Waals surface area contributed by atoms with Gasteiger partial charge in [-0.2, -0.15) is 0 Å².